The first-order valence-electron chi connectivity index (χ1n) is 12.0. The summed E-state index contributed by atoms with van der Waals surface area (Å²) in [6.45, 7) is 3.30. The van der Waals surface area contributed by atoms with Crippen molar-refractivity contribution < 1.29 is 4.74 Å². The highest BCUT2D eigenvalue weighted by Gasteiger charge is 2.26. The Morgan fingerprint density at radius 2 is 1.91 bits per heavy atom. The third kappa shape index (κ3) is 3.40. The molecule has 2 aliphatic heterocycles. The molecule has 0 unspecified atom stereocenters. The Morgan fingerprint density at radius 3 is 2.62 bits per heavy atom. The van der Waals surface area contributed by atoms with Gasteiger partial charge in [-0.1, -0.05) is 6.07 Å². The standard InChI is InChI=1S/C26H30N6O2/c1-29(2)19-8-10-31(15-19)24-7-5-18(13-28-24)17-4-6-22-21(12-17)25-23(14-27-22)30(3)26(33)32(25)20-9-11-34-16-20/h4-7,12-14,19-20H,8-11,15-16H2,1-3H3/t19-,20+/m1/s1. The second kappa shape index (κ2) is 8.21. The van der Waals surface area contributed by atoms with Gasteiger partial charge in [-0.15, -0.1) is 0 Å². The number of imidazole rings is 1. The van der Waals surface area contributed by atoms with E-state index in [0.717, 1.165) is 64.8 Å². The number of pyridine rings is 2. The van der Waals surface area contributed by atoms with E-state index in [1.54, 1.807) is 10.8 Å². The summed E-state index contributed by atoms with van der Waals surface area (Å²) in [5.74, 6) is 1.02. The molecular weight excluding hydrogens is 428 g/mol. The van der Waals surface area contributed by atoms with Gasteiger partial charge in [-0.3, -0.25) is 14.1 Å². The maximum Gasteiger partial charge on any atom is 0.329 e. The van der Waals surface area contributed by atoms with Crippen molar-refractivity contribution in [3.8, 4) is 11.1 Å². The first-order chi connectivity index (χ1) is 16.5. The second-order valence-electron chi connectivity index (χ2n) is 9.71. The minimum atomic E-state index is -0.0159. The van der Waals surface area contributed by atoms with Crippen molar-refractivity contribution in [3.05, 3.63) is 53.2 Å². The fourth-order valence-corrected chi connectivity index (χ4v) is 5.39. The van der Waals surface area contributed by atoms with Crippen molar-refractivity contribution in [2.75, 3.05) is 45.3 Å². The predicted molar refractivity (Wildman–Crippen MR) is 134 cm³/mol. The van der Waals surface area contributed by atoms with Crippen molar-refractivity contribution in [2.45, 2.75) is 24.9 Å². The Hall–Kier alpha value is -3.23. The lowest BCUT2D eigenvalue weighted by Crippen LogP contribution is -2.31. The van der Waals surface area contributed by atoms with Crippen LogP contribution in [0.15, 0.2) is 47.5 Å². The molecule has 2 fully saturated rings. The molecule has 2 aliphatic rings. The molecule has 0 aliphatic carbocycles. The molecule has 0 bridgehead atoms. The number of benzene rings is 1. The molecule has 2 atom stereocenters. The molecule has 3 aromatic heterocycles. The molecule has 8 heteroatoms. The normalized spacial score (nSPS) is 20.9. The van der Waals surface area contributed by atoms with Crippen molar-refractivity contribution in [1.82, 2.24) is 24.0 Å². The third-order valence-electron chi connectivity index (χ3n) is 7.49. The van der Waals surface area contributed by atoms with Crippen LogP contribution >= 0.6 is 0 Å². The van der Waals surface area contributed by atoms with Gasteiger partial charge in [0, 0.05) is 49.9 Å². The summed E-state index contributed by atoms with van der Waals surface area (Å²) in [5.41, 5.74) is 4.77. The summed E-state index contributed by atoms with van der Waals surface area (Å²) in [5, 5.41) is 0.983. The van der Waals surface area contributed by atoms with Crippen molar-refractivity contribution in [2.24, 2.45) is 7.05 Å². The Balaban J connectivity index is 1.41. The maximum atomic E-state index is 13.1. The number of anilines is 1. The number of likely N-dealkylation sites (N-methyl/N-ethyl adjacent to an activating group) is 1. The average molecular weight is 459 g/mol. The molecule has 5 heterocycles. The smallest absolute Gasteiger partial charge is 0.329 e. The fraction of sp³-hybridized carbons (Fsp3) is 0.423. The summed E-state index contributed by atoms with van der Waals surface area (Å²) >= 11 is 0. The molecule has 0 amide bonds. The van der Waals surface area contributed by atoms with Crippen LogP contribution in [0.4, 0.5) is 5.82 Å². The second-order valence-corrected chi connectivity index (χ2v) is 9.71. The van der Waals surface area contributed by atoms with Crippen molar-refractivity contribution in [3.63, 3.8) is 0 Å². The van der Waals surface area contributed by atoms with Gasteiger partial charge < -0.3 is 14.5 Å². The largest absolute Gasteiger partial charge is 0.379 e. The monoisotopic (exact) mass is 458 g/mol. The molecule has 0 spiro atoms. The molecule has 1 aromatic carbocycles. The van der Waals surface area contributed by atoms with Gasteiger partial charge in [-0.2, -0.15) is 0 Å². The van der Waals surface area contributed by atoms with Crippen LogP contribution in [0.2, 0.25) is 0 Å². The van der Waals surface area contributed by atoms with Crippen LogP contribution in [0.3, 0.4) is 0 Å². The van der Waals surface area contributed by atoms with E-state index in [0.29, 0.717) is 19.3 Å². The highest BCUT2D eigenvalue weighted by molar-refractivity contribution is 6.04. The van der Waals surface area contributed by atoms with Crippen LogP contribution in [-0.4, -0.2) is 70.4 Å². The van der Waals surface area contributed by atoms with E-state index in [2.05, 4.69) is 53.1 Å². The summed E-state index contributed by atoms with van der Waals surface area (Å²) in [7, 11) is 6.10. The third-order valence-corrected chi connectivity index (χ3v) is 7.49. The lowest BCUT2D eigenvalue weighted by Gasteiger charge is -2.21. The van der Waals surface area contributed by atoms with Crippen LogP contribution in [0.1, 0.15) is 18.9 Å². The number of fused-ring (bicyclic) bond motifs is 3. The van der Waals surface area contributed by atoms with Gasteiger partial charge in [-0.25, -0.2) is 9.78 Å². The lowest BCUT2D eigenvalue weighted by molar-refractivity contribution is 0.186. The molecule has 8 nitrogen and oxygen atoms in total. The van der Waals surface area contributed by atoms with Crippen molar-refractivity contribution >= 4 is 27.8 Å². The Morgan fingerprint density at radius 1 is 1.06 bits per heavy atom. The van der Waals surface area contributed by atoms with E-state index >= 15 is 0 Å². The van der Waals surface area contributed by atoms with Gasteiger partial charge in [0.05, 0.1) is 35.4 Å². The average Bonchev–Trinajstić information content (AvgIpc) is 3.60. The topological polar surface area (TPSA) is 68.4 Å². The minimum Gasteiger partial charge on any atom is -0.379 e. The Labute approximate surface area is 198 Å². The molecule has 6 rings (SSSR count). The van der Waals surface area contributed by atoms with E-state index < -0.39 is 0 Å². The zero-order valence-corrected chi connectivity index (χ0v) is 19.9. The zero-order valence-electron chi connectivity index (χ0n) is 19.9. The summed E-state index contributed by atoms with van der Waals surface area (Å²) < 4.78 is 9.21. The molecule has 176 valence electrons. The molecule has 2 saturated heterocycles. The van der Waals surface area contributed by atoms with E-state index in [1.807, 2.05) is 23.9 Å². The maximum absolute atomic E-state index is 13.1. The Kier molecular flexibility index (Phi) is 5.15. The van der Waals surface area contributed by atoms with Crippen LogP contribution in [0.5, 0.6) is 0 Å². The van der Waals surface area contributed by atoms with Gasteiger partial charge in [0.25, 0.3) is 0 Å². The number of hydrogen-bond donors (Lipinski definition) is 0. The minimum absolute atomic E-state index is 0.0159. The zero-order chi connectivity index (χ0) is 23.4. The van der Waals surface area contributed by atoms with Gasteiger partial charge in [-0.05, 0) is 56.8 Å². The van der Waals surface area contributed by atoms with Crippen LogP contribution in [0.25, 0.3) is 33.1 Å². The molecule has 0 radical (unpaired) electrons. The number of aryl methyl sites for hydroxylation is 1. The van der Waals surface area contributed by atoms with E-state index in [1.165, 1.54) is 0 Å². The molecule has 34 heavy (non-hydrogen) atoms. The van der Waals surface area contributed by atoms with Crippen LogP contribution in [-0.2, 0) is 11.8 Å². The number of ether oxygens (including phenoxy) is 1. The fourth-order valence-electron chi connectivity index (χ4n) is 5.39. The van der Waals surface area contributed by atoms with Crippen LogP contribution < -0.4 is 10.6 Å². The van der Waals surface area contributed by atoms with E-state index in [9.17, 15) is 4.79 Å². The first kappa shape index (κ1) is 21.3. The number of aromatic nitrogens is 4. The lowest BCUT2D eigenvalue weighted by atomic mass is 10.0. The van der Waals surface area contributed by atoms with Gasteiger partial charge in [0.15, 0.2) is 0 Å². The molecular formula is C26H30N6O2. The molecule has 4 aromatic rings. The van der Waals surface area contributed by atoms with Crippen molar-refractivity contribution in [1.29, 1.82) is 0 Å². The number of nitrogens with zero attached hydrogens (tertiary/aromatic N) is 6. The quantitative estimate of drug-likeness (QED) is 0.468. The summed E-state index contributed by atoms with van der Waals surface area (Å²) in [6.07, 6.45) is 5.77. The highest BCUT2D eigenvalue weighted by Crippen LogP contribution is 2.32. The van der Waals surface area contributed by atoms with E-state index in [4.69, 9.17) is 9.72 Å². The SMILES string of the molecule is CN(C)[C@@H]1CCN(c2ccc(-c3ccc4ncc5c(c4c3)n([C@H]3CCOC3)c(=O)n5C)cn2)C1. The first-order valence-corrected chi connectivity index (χ1v) is 12.0. The van der Waals surface area contributed by atoms with Gasteiger partial charge in [0.2, 0.25) is 0 Å². The van der Waals surface area contributed by atoms with Crippen LogP contribution in [0, 0.1) is 0 Å². The summed E-state index contributed by atoms with van der Waals surface area (Å²) in [4.78, 5) is 27.2. The van der Waals surface area contributed by atoms with Gasteiger partial charge in [0.1, 0.15) is 5.82 Å². The predicted octanol–water partition coefficient (Wildman–Crippen LogP) is 3.05. The number of hydrogen-bond acceptors (Lipinski definition) is 6. The van der Waals surface area contributed by atoms with Gasteiger partial charge >= 0.3 is 5.69 Å². The number of rotatable bonds is 4. The Bertz CT molecular complexity index is 1420. The molecule has 0 saturated carbocycles. The van der Waals surface area contributed by atoms with E-state index in [-0.39, 0.29) is 11.7 Å². The highest BCUT2D eigenvalue weighted by atomic mass is 16.5. The molecule has 0 N–H and O–H groups in total. The summed E-state index contributed by atoms with van der Waals surface area (Å²) in [6, 6.07) is 11.1.